The Morgan fingerprint density at radius 3 is 2.60 bits per heavy atom. The number of hydrogen-bond donors (Lipinski definition) is 1. The fourth-order valence-electron chi connectivity index (χ4n) is 2.30. The molecule has 1 aromatic heterocycles. The first-order valence-corrected chi connectivity index (χ1v) is 8.60. The molecule has 0 atom stereocenters. The molecular formula is C15H22N2O2S. The van der Waals surface area contributed by atoms with Gasteiger partial charge in [0.2, 0.25) is 0 Å². The largest absolute Gasteiger partial charge is 0.346 e. The predicted octanol–water partition coefficient (Wildman–Crippen LogP) is 2.18. The highest BCUT2D eigenvalue weighted by molar-refractivity contribution is 7.91. The highest BCUT2D eigenvalue weighted by atomic mass is 32.2. The molecule has 1 aromatic carbocycles. The van der Waals surface area contributed by atoms with Gasteiger partial charge in [-0.2, -0.15) is 0 Å². The standard InChI is InChI=1S/C15H22N2O2S/c1-12(2)20(18,19)9-8-17-11-13(10-16-3)14-6-4-5-7-15(14)17/h4-7,11-12,16H,8-10H2,1-3H3. The maximum atomic E-state index is 11.9. The van der Waals surface area contributed by atoms with Crippen molar-refractivity contribution < 1.29 is 8.42 Å². The Hall–Kier alpha value is -1.33. The molecule has 0 unspecified atom stereocenters. The Balaban J connectivity index is 2.31. The van der Waals surface area contributed by atoms with Gasteiger partial charge < -0.3 is 9.88 Å². The van der Waals surface area contributed by atoms with Crippen molar-refractivity contribution in [2.45, 2.75) is 32.2 Å². The summed E-state index contributed by atoms with van der Waals surface area (Å²) in [6.45, 7) is 4.75. The fourth-order valence-corrected chi connectivity index (χ4v) is 3.22. The smallest absolute Gasteiger partial charge is 0.154 e. The van der Waals surface area contributed by atoms with Crippen molar-refractivity contribution in [2.75, 3.05) is 12.8 Å². The van der Waals surface area contributed by atoms with Crippen LogP contribution in [0.5, 0.6) is 0 Å². The van der Waals surface area contributed by atoms with E-state index in [2.05, 4.69) is 17.6 Å². The molecule has 4 nitrogen and oxygen atoms in total. The van der Waals surface area contributed by atoms with Crippen LogP contribution in [-0.4, -0.2) is 31.0 Å². The van der Waals surface area contributed by atoms with Crippen molar-refractivity contribution in [2.24, 2.45) is 0 Å². The fraction of sp³-hybridized carbons (Fsp3) is 0.467. The molecule has 0 aliphatic rings. The third kappa shape index (κ3) is 3.04. The molecule has 0 aliphatic heterocycles. The van der Waals surface area contributed by atoms with E-state index in [1.807, 2.05) is 29.8 Å². The van der Waals surface area contributed by atoms with Crippen molar-refractivity contribution in [3.8, 4) is 0 Å². The molecule has 5 heteroatoms. The second-order valence-corrected chi connectivity index (χ2v) is 7.99. The molecule has 0 aliphatic carbocycles. The lowest BCUT2D eigenvalue weighted by molar-refractivity contribution is 0.581. The normalized spacial score (nSPS) is 12.4. The molecule has 1 heterocycles. The van der Waals surface area contributed by atoms with Crippen molar-refractivity contribution in [1.29, 1.82) is 0 Å². The van der Waals surface area contributed by atoms with Crippen LogP contribution in [0.4, 0.5) is 0 Å². The number of aryl methyl sites for hydroxylation is 1. The average molecular weight is 294 g/mol. The molecule has 20 heavy (non-hydrogen) atoms. The van der Waals surface area contributed by atoms with Gasteiger partial charge in [-0.1, -0.05) is 18.2 Å². The van der Waals surface area contributed by atoms with Crippen LogP contribution in [-0.2, 0) is 22.9 Å². The summed E-state index contributed by atoms with van der Waals surface area (Å²) < 4.78 is 25.9. The van der Waals surface area contributed by atoms with Gasteiger partial charge in [-0.3, -0.25) is 0 Å². The molecule has 0 spiro atoms. The lowest BCUT2D eigenvalue weighted by atomic mass is 10.2. The maximum Gasteiger partial charge on any atom is 0.154 e. The molecule has 0 bridgehead atoms. The molecule has 0 radical (unpaired) electrons. The van der Waals surface area contributed by atoms with Crippen LogP contribution in [0.3, 0.4) is 0 Å². The van der Waals surface area contributed by atoms with Gasteiger partial charge in [0.1, 0.15) is 0 Å². The lowest BCUT2D eigenvalue weighted by Crippen LogP contribution is -2.20. The molecule has 2 aromatic rings. The second-order valence-electron chi connectivity index (χ2n) is 5.31. The first-order chi connectivity index (χ1) is 9.45. The first kappa shape index (κ1) is 15.1. The monoisotopic (exact) mass is 294 g/mol. The van der Waals surface area contributed by atoms with Gasteiger partial charge in [-0.25, -0.2) is 8.42 Å². The van der Waals surface area contributed by atoms with E-state index < -0.39 is 9.84 Å². The highest BCUT2D eigenvalue weighted by Crippen LogP contribution is 2.21. The molecule has 0 fully saturated rings. The number of benzene rings is 1. The highest BCUT2D eigenvalue weighted by Gasteiger charge is 2.16. The van der Waals surface area contributed by atoms with Crippen LogP contribution in [0.1, 0.15) is 19.4 Å². The van der Waals surface area contributed by atoms with Crippen molar-refractivity contribution in [3.05, 3.63) is 36.0 Å². The van der Waals surface area contributed by atoms with E-state index in [0.717, 1.165) is 12.1 Å². The zero-order chi connectivity index (χ0) is 14.8. The summed E-state index contributed by atoms with van der Waals surface area (Å²) in [4.78, 5) is 0. The van der Waals surface area contributed by atoms with Crippen LogP contribution >= 0.6 is 0 Å². The van der Waals surface area contributed by atoms with E-state index in [1.54, 1.807) is 13.8 Å². The van der Waals surface area contributed by atoms with Gasteiger partial charge in [0, 0.05) is 30.2 Å². The number of nitrogens with zero attached hydrogens (tertiary/aromatic N) is 1. The summed E-state index contributed by atoms with van der Waals surface area (Å²) in [5.41, 5.74) is 2.29. The van der Waals surface area contributed by atoms with E-state index in [1.165, 1.54) is 10.9 Å². The lowest BCUT2D eigenvalue weighted by Gasteiger charge is -2.09. The molecule has 1 N–H and O–H groups in total. The van der Waals surface area contributed by atoms with E-state index in [9.17, 15) is 8.42 Å². The number of aromatic nitrogens is 1. The Morgan fingerprint density at radius 2 is 1.95 bits per heavy atom. The van der Waals surface area contributed by atoms with Crippen LogP contribution < -0.4 is 5.32 Å². The van der Waals surface area contributed by atoms with E-state index in [0.29, 0.717) is 6.54 Å². The minimum Gasteiger partial charge on any atom is -0.346 e. The third-order valence-electron chi connectivity index (χ3n) is 3.57. The summed E-state index contributed by atoms with van der Waals surface area (Å²) in [5.74, 6) is 0.183. The maximum absolute atomic E-state index is 11.9. The molecule has 0 saturated heterocycles. The minimum atomic E-state index is -3.00. The van der Waals surface area contributed by atoms with Gasteiger partial charge in [0.25, 0.3) is 0 Å². The SMILES string of the molecule is CNCc1cn(CCS(=O)(=O)C(C)C)c2ccccc12. The van der Waals surface area contributed by atoms with Crippen molar-refractivity contribution in [3.63, 3.8) is 0 Å². The van der Waals surface area contributed by atoms with Crippen LogP contribution in [0.2, 0.25) is 0 Å². The van der Waals surface area contributed by atoms with E-state index in [4.69, 9.17) is 0 Å². The van der Waals surface area contributed by atoms with Crippen LogP contribution in [0, 0.1) is 0 Å². The zero-order valence-corrected chi connectivity index (χ0v) is 13.1. The van der Waals surface area contributed by atoms with Crippen molar-refractivity contribution in [1.82, 2.24) is 9.88 Å². The van der Waals surface area contributed by atoms with Crippen LogP contribution in [0.15, 0.2) is 30.5 Å². The van der Waals surface area contributed by atoms with Gasteiger partial charge in [-0.15, -0.1) is 0 Å². The second kappa shape index (κ2) is 5.97. The number of rotatable bonds is 6. The zero-order valence-electron chi connectivity index (χ0n) is 12.3. The minimum absolute atomic E-state index is 0.183. The summed E-state index contributed by atoms with van der Waals surface area (Å²) in [5, 5.41) is 4.01. The third-order valence-corrected chi connectivity index (χ3v) is 5.76. The van der Waals surface area contributed by atoms with Gasteiger partial charge in [0.05, 0.1) is 11.0 Å². The molecule has 110 valence electrons. The summed E-state index contributed by atoms with van der Waals surface area (Å²) in [6, 6.07) is 8.11. The molecule has 0 amide bonds. The van der Waals surface area contributed by atoms with Crippen LogP contribution in [0.25, 0.3) is 10.9 Å². The van der Waals surface area contributed by atoms with E-state index in [-0.39, 0.29) is 11.0 Å². The number of nitrogens with one attached hydrogen (secondary N) is 1. The number of sulfone groups is 1. The Morgan fingerprint density at radius 1 is 1.25 bits per heavy atom. The van der Waals surface area contributed by atoms with Crippen molar-refractivity contribution >= 4 is 20.7 Å². The summed E-state index contributed by atoms with van der Waals surface area (Å²) in [6.07, 6.45) is 2.05. The molecule has 0 saturated carbocycles. The Bertz CT molecular complexity index is 687. The van der Waals surface area contributed by atoms with Gasteiger partial charge in [0.15, 0.2) is 9.84 Å². The number of para-hydroxylation sites is 1. The predicted molar refractivity (Wildman–Crippen MR) is 83.6 cm³/mol. The van der Waals surface area contributed by atoms with Gasteiger partial charge >= 0.3 is 0 Å². The summed E-state index contributed by atoms with van der Waals surface area (Å²) >= 11 is 0. The quantitative estimate of drug-likeness (QED) is 0.888. The first-order valence-electron chi connectivity index (χ1n) is 6.88. The number of hydrogen-bond acceptors (Lipinski definition) is 3. The van der Waals surface area contributed by atoms with Gasteiger partial charge in [-0.05, 0) is 32.5 Å². The Kier molecular flexibility index (Phi) is 4.50. The Labute approximate surface area is 120 Å². The summed E-state index contributed by atoms with van der Waals surface area (Å²) in [7, 11) is -1.09. The average Bonchev–Trinajstić information content (AvgIpc) is 2.76. The van der Waals surface area contributed by atoms with E-state index >= 15 is 0 Å². The molecular weight excluding hydrogens is 272 g/mol. The topological polar surface area (TPSA) is 51.1 Å². The molecule has 2 rings (SSSR count). The number of fused-ring (bicyclic) bond motifs is 1.